The first kappa shape index (κ1) is 14.6. The highest BCUT2D eigenvalue weighted by Crippen LogP contribution is 2.27. The Morgan fingerprint density at radius 2 is 1.65 bits per heavy atom. The van der Waals surface area contributed by atoms with Gasteiger partial charge in [-0.2, -0.15) is 0 Å². The Kier molecular flexibility index (Phi) is 4.45. The predicted octanol–water partition coefficient (Wildman–Crippen LogP) is 4.44. The third kappa shape index (κ3) is 2.85. The molecule has 0 aliphatic heterocycles. The van der Waals surface area contributed by atoms with Crippen LogP contribution in [0.4, 0.5) is 13.2 Å². The molecule has 4 heteroatoms. The first-order valence-corrected chi connectivity index (χ1v) is 6.49. The van der Waals surface area contributed by atoms with Crippen LogP contribution in [-0.4, -0.2) is 7.05 Å². The second-order valence-electron chi connectivity index (χ2n) is 4.63. The van der Waals surface area contributed by atoms with Crippen molar-refractivity contribution in [2.75, 3.05) is 7.05 Å². The maximum absolute atomic E-state index is 13.3. The van der Waals surface area contributed by atoms with E-state index < -0.39 is 17.5 Å². The maximum Gasteiger partial charge on any atom is 0.194 e. The molecule has 106 valence electrons. The van der Waals surface area contributed by atoms with E-state index in [1.54, 1.807) is 6.07 Å². The average Bonchev–Trinajstić information content (AvgIpc) is 2.46. The second kappa shape index (κ2) is 6.09. The minimum Gasteiger partial charge on any atom is -0.313 e. The topological polar surface area (TPSA) is 12.0 Å². The third-order valence-corrected chi connectivity index (χ3v) is 3.36. The molecule has 0 heterocycles. The van der Waals surface area contributed by atoms with Crippen LogP contribution < -0.4 is 5.32 Å². The second-order valence-corrected chi connectivity index (χ2v) is 4.63. The van der Waals surface area contributed by atoms with Gasteiger partial charge in [-0.1, -0.05) is 25.1 Å². The molecule has 0 radical (unpaired) electrons. The van der Waals surface area contributed by atoms with Crippen molar-refractivity contribution in [2.45, 2.75) is 19.4 Å². The number of hydrogen-bond donors (Lipinski definition) is 1. The van der Waals surface area contributed by atoms with E-state index in [0.29, 0.717) is 11.1 Å². The number of hydrogen-bond acceptors (Lipinski definition) is 1. The van der Waals surface area contributed by atoms with E-state index in [1.807, 2.05) is 32.2 Å². The zero-order valence-electron chi connectivity index (χ0n) is 11.4. The molecule has 2 aromatic carbocycles. The lowest BCUT2D eigenvalue weighted by Gasteiger charge is -2.15. The SMILES string of the molecule is CCC(NC)c1cccc(-c2cc(F)c(F)c(F)c2)c1. The Morgan fingerprint density at radius 3 is 2.20 bits per heavy atom. The molecule has 0 aromatic heterocycles. The molecule has 1 atom stereocenters. The van der Waals surface area contributed by atoms with E-state index in [4.69, 9.17) is 0 Å². The molecule has 0 amide bonds. The molecule has 1 nitrogen and oxygen atoms in total. The monoisotopic (exact) mass is 279 g/mol. The Labute approximate surface area is 116 Å². The van der Waals surface area contributed by atoms with Gasteiger partial charge in [0.05, 0.1) is 0 Å². The van der Waals surface area contributed by atoms with E-state index in [1.165, 1.54) is 0 Å². The number of benzene rings is 2. The van der Waals surface area contributed by atoms with Gasteiger partial charge in [0.15, 0.2) is 17.5 Å². The van der Waals surface area contributed by atoms with Crippen molar-refractivity contribution in [3.63, 3.8) is 0 Å². The summed E-state index contributed by atoms with van der Waals surface area (Å²) in [4.78, 5) is 0. The predicted molar refractivity (Wildman–Crippen MR) is 73.8 cm³/mol. The number of halogens is 3. The molecule has 2 aromatic rings. The van der Waals surface area contributed by atoms with Gasteiger partial charge in [-0.15, -0.1) is 0 Å². The van der Waals surface area contributed by atoms with Gasteiger partial charge >= 0.3 is 0 Å². The standard InChI is InChI=1S/C16H16F3N/c1-3-15(20-2)11-6-4-5-10(7-11)12-8-13(17)16(19)14(18)9-12/h4-9,15,20H,3H2,1-2H3. The van der Waals surface area contributed by atoms with Crippen molar-refractivity contribution >= 4 is 0 Å². The largest absolute Gasteiger partial charge is 0.313 e. The molecule has 2 rings (SSSR count). The minimum atomic E-state index is -1.44. The van der Waals surface area contributed by atoms with E-state index >= 15 is 0 Å². The summed E-state index contributed by atoms with van der Waals surface area (Å²) in [5, 5.41) is 3.17. The molecule has 0 bridgehead atoms. The molecular formula is C16H16F3N. The van der Waals surface area contributed by atoms with Crippen LogP contribution in [0.1, 0.15) is 24.9 Å². The zero-order chi connectivity index (χ0) is 14.7. The summed E-state index contributed by atoms with van der Waals surface area (Å²) in [6.07, 6.45) is 0.895. The third-order valence-electron chi connectivity index (χ3n) is 3.36. The van der Waals surface area contributed by atoms with Gasteiger partial charge in [-0.25, -0.2) is 13.2 Å². The molecular weight excluding hydrogens is 263 g/mol. The number of rotatable bonds is 4. The highest BCUT2D eigenvalue weighted by molar-refractivity contribution is 5.64. The van der Waals surface area contributed by atoms with Gasteiger partial charge in [0.2, 0.25) is 0 Å². The van der Waals surface area contributed by atoms with Gasteiger partial charge in [0.1, 0.15) is 0 Å². The van der Waals surface area contributed by atoms with E-state index in [9.17, 15) is 13.2 Å². The van der Waals surface area contributed by atoms with Crippen LogP contribution in [0.15, 0.2) is 36.4 Å². The van der Waals surface area contributed by atoms with Crippen molar-refractivity contribution in [3.8, 4) is 11.1 Å². The summed E-state index contributed by atoms with van der Waals surface area (Å²) in [6.45, 7) is 2.05. The van der Waals surface area contributed by atoms with Crippen LogP contribution >= 0.6 is 0 Å². The molecule has 1 N–H and O–H groups in total. The summed E-state index contributed by atoms with van der Waals surface area (Å²) in [5.41, 5.74) is 2.01. The zero-order valence-corrected chi connectivity index (χ0v) is 11.4. The van der Waals surface area contributed by atoms with Crippen LogP contribution in [0.2, 0.25) is 0 Å². The lowest BCUT2D eigenvalue weighted by Crippen LogP contribution is -2.15. The molecule has 20 heavy (non-hydrogen) atoms. The maximum atomic E-state index is 13.3. The molecule has 0 aliphatic carbocycles. The number of nitrogens with one attached hydrogen (secondary N) is 1. The Hall–Kier alpha value is -1.81. The van der Waals surface area contributed by atoms with Gasteiger partial charge in [-0.3, -0.25) is 0 Å². The highest BCUT2D eigenvalue weighted by Gasteiger charge is 2.13. The van der Waals surface area contributed by atoms with E-state index in [-0.39, 0.29) is 6.04 Å². The Balaban J connectivity index is 2.46. The first-order chi connectivity index (χ1) is 9.56. The molecule has 0 saturated heterocycles. The van der Waals surface area contributed by atoms with Crippen molar-refractivity contribution < 1.29 is 13.2 Å². The fourth-order valence-corrected chi connectivity index (χ4v) is 2.26. The summed E-state index contributed by atoms with van der Waals surface area (Å²) in [7, 11) is 1.86. The quantitative estimate of drug-likeness (QED) is 0.816. The average molecular weight is 279 g/mol. The summed E-state index contributed by atoms with van der Waals surface area (Å²) >= 11 is 0. The Bertz CT molecular complexity index is 583. The lowest BCUT2D eigenvalue weighted by molar-refractivity contribution is 0.447. The molecule has 1 unspecified atom stereocenters. The van der Waals surface area contributed by atoms with Crippen LogP contribution in [0.5, 0.6) is 0 Å². The van der Waals surface area contributed by atoms with Crippen molar-refractivity contribution in [1.29, 1.82) is 0 Å². The molecule has 0 saturated carbocycles. The van der Waals surface area contributed by atoms with Crippen molar-refractivity contribution in [3.05, 3.63) is 59.4 Å². The Morgan fingerprint density at radius 1 is 1.00 bits per heavy atom. The van der Waals surface area contributed by atoms with Crippen LogP contribution in [-0.2, 0) is 0 Å². The van der Waals surface area contributed by atoms with Crippen LogP contribution in [0.25, 0.3) is 11.1 Å². The molecule has 0 aliphatic rings. The van der Waals surface area contributed by atoms with Crippen LogP contribution in [0, 0.1) is 17.5 Å². The minimum absolute atomic E-state index is 0.171. The summed E-state index contributed by atoms with van der Waals surface area (Å²) < 4.78 is 39.6. The molecule has 0 fully saturated rings. The highest BCUT2D eigenvalue weighted by atomic mass is 19.2. The summed E-state index contributed by atoms with van der Waals surface area (Å²) in [5.74, 6) is -3.79. The normalized spacial score (nSPS) is 12.4. The van der Waals surface area contributed by atoms with Gasteiger partial charge in [-0.05, 0) is 48.4 Å². The van der Waals surface area contributed by atoms with E-state index in [0.717, 1.165) is 24.1 Å². The smallest absolute Gasteiger partial charge is 0.194 e. The molecule has 0 spiro atoms. The lowest BCUT2D eigenvalue weighted by atomic mass is 9.98. The van der Waals surface area contributed by atoms with Crippen molar-refractivity contribution in [2.24, 2.45) is 0 Å². The van der Waals surface area contributed by atoms with Crippen LogP contribution in [0.3, 0.4) is 0 Å². The first-order valence-electron chi connectivity index (χ1n) is 6.49. The fourth-order valence-electron chi connectivity index (χ4n) is 2.26. The fraction of sp³-hybridized carbons (Fsp3) is 0.250. The van der Waals surface area contributed by atoms with Gasteiger partial charge in [0.25, 0.3) is 0 Å². The van der Waals surface area contributed by atoms with Gasteiger partial charge < -0.3 is 5.32 Å². The summed E-state index contributed by atoms with van der Waals surface area (Å²) in [6, 6.07) is 9.57. The van der Waals surface area contributed by atoms with Crippen molar-refractivity contribution in [1.82, 2.24) is 5.32 Å². The van der Waals surface area contributed by atoms with E-state index in [2.05, 4.69) is 5.32 Å². The van der Waals surface area contributed by atoms with Gasteiger partial charge in [0, 0.05) is 6.04 Å².